The van der Waals surface area contributed by atoms with Crippen molar-refractivity contribution >= 4 is 11.9 Å². The van der Waals surface area contributed by atoms with Gasteiger partial charge in [-0.3, -0.25) is 15.6 Å². The van der Waals surface area contributed by atoms with Gasteiger partial charge in [0.15, 0.2) is 0 Å². The summed E-state index contributed by atoms with van der Waals surface area (Å²) in [7, 11) is 0. The van der Waals surface area contributed by atoms with Gasteiger partial charge in [-0.15, -0.1) is 0 Å². The van der Waals surface area contributed by atoms with Gasteiger partial charge in [0.2, 0.25) is 11.9 Å². The predicted octanol–water partition coefficient (Wildman–Crippen LogP) is 0.257. The number of nitrogens with one attached hydrogen (secondary N) is 2. The lowest BCUT2D eigenvalue weighted by atomic mass is 10.0. The van der Waals surface area contributed by atoms with Crippen molar-refractivity contribution in [2.75, 3.05) is 37.6 Å². The van der Waals surface area contributed by atoms with Crippen LogP contribution in [0, 0.1) is 5.92 Å². The molecule has 2 aliphatic rings. The lowest BCUT2D eigenvalue weighted by Gasteiger charge is -2.36. The molecule has 0 radical (unpaired) electrons. The van der Waals surface area contributed by atoms with Gasteiger partial charge < -0.3 is 9.80 Å². The molecule has 10 heteroatoms. The molecule has 7 nitrogen and oxygen atoms in total. The average molecular weight is 344 g/mol. The molecule has 2 saturated heterocycles. The topological polar surface area (TPSA) is 73.4 Å². The number of carbonyl (C=O) groups is 1. The first-order valence-corrected chi connectivity index (χ1v) is 7.78. The van der Waals surface area contributed by atoms with E-state index < -0.39 is 11.9 Å². The van der Waals surface area contributed by atoms with E-state index in [4.69, 9.17) is 0 Å². The summed E-state index contributed by atoms with van der Waals surface area (Å²) >= 11 is 0. The number of amides is 1. The molecule has 0 aromatic carbocycles. The minimum Gasteiger partial charge on any atom is -0.339 e. The molecule has 2 fully saturated rings. The number of carbonyl (C=O) groups excluding carboxylic acids is 1. The number of piperazine rings is 1. The van der Waals surface area contributed by atoms with Crippen LogP contribution in [0.2, 0.25) is 0 Å². The molecular formula is C14H19F3N6O. The van der Waals surface area contributed by atoms with E-state index in [0.717, 1.165) is 12.3 Å². The van der Waals surface area contributed by atoms with Crippen molar-refractivity contribution in [3.05, 3.63) is 18.0 Å². The summed E-state index contributed by atoms with van der Waals surface area (Å²) in [6.45, 7) is 4.24. The molecule has 132 valence electrons. The number of halogens is 3. The molecule has 0 bridgehead atoms. The van der Waals surface area contributed by atoms with Crippen molar-refractivity contribution in [2.24, 2.45) is 5.92 Å². The summed E-state index contributed by atoms with van der Waals surface area (Å²) in [5.74, 6) is -0.0135. The Balaban J connectivity index is 1.62. The van der Waals surface area contributed by atoms with Crippen molar-refractivity contribution in [3.8, 4) is 0 Å². The molecule has 1 amide bonds. The van der Waals surface area contributed by atoms with Crippen LogP contribution in [0.15, 0.2) is 12.3 Å². The Bertz CT molecular complexity index is 602. The number of hydrogen-bond donors (Lipinski definition) is 2. The van der Waals surface area contributed by atoms with E-state index in [1.165, 1.54) is 0 Å². The second-order valence-electron chi connectivity index (χ2n) is 5.97. The first-order valence-electron chi connectivity index (χ1n) is 7.78. The number of hydrazine groups is 1. The van der Waals surface area contributed by atoms with Gasteiger partial charge >= 0.3 is 6.18 Å². The number of alkyl halides is 3. The van der Waals surface area contributed by atoms with Crippen LogP contribution in [0.25, 0.3) is 0 Å². The standard InChI is InChI=1S/C14H19F3N6O/c1-9-10(8-19-21-9)12(24)22-4-6-23(7-5-22)13-18-3-2-11(20-13)14(15,16)17/h2-3,9-10,19,21H,4-8H2,1H3. The third-order valence-electron chi connectivity index (χ3n) is 4.38. The van der Waals surface area contributed by atoms with Crippen LogP contribution in [0.3, 0.4) is 0 Å². The summed E-state index contributed by atoms with van der Waals surface area (Å²) in [5, 5.41) is 0. The molecule has 1 aromatic heterocycles. The van der Waals surface area contributed by atoms with Crippen LogP contribution in [-0.2, 0) is 11.0 Å². The van der Waals surface area contributed by atoms with E-state index in [2.05, 4.69) is 20.8 Å². The second-order valence-corrected chi connectivity index (χ2v) is 5.97. The van der Waals surface area contributed by atoms with E-state index in [1.54, 1.807) is 9.80 Å². The molecule has 2 N–H and O–H groups in total. The smallest absolute Gasteiger partial charge is 0.339 e. The van der Waals surface area contributed by atoms with Gasteiger partial charge in [-0.25, -0.2) is 9.97 Å². The van der Waals surface area contributed by atoms with Gasteiger partial charge in [-0.2, -0.15) is 13.2 Å². The van der Waals surface area contributed by atoms with E-state index in [9.17, 15) is 18.0 Å². The Morgan fingerprint density at radius 3 is 2.58 bits per heavy atom. The molecule has 3 heterocycles. The van der Waals surface area contributed by atoms with E-state index >= 15 is 0 Å². The molecule has 0 aliphatic carbocycles. The van der Waals surface area contributed by atoms with Gasteiger partial charge in [-0.1, -0.05) is 0 Å². The second kappa shape index (κ2) is 6.52. The summed E-state index contributed by atoms with van der Waals surface area (Å²) < 4.78 is 38.2. The van der Waals surface area contributed by atoms with Crippen LogP contribution in [0.4, 0.5) is 19.1 Å². The lowest BCUT2D eigenvalue weighted by molar-refractivity contribution is -0.141. The zero-order valence-corrected chi connectivity index (χ0v) is 13.2. The highest BCUT2D eigenvalue weighted by atomic mass is 19.4. The zero-order valence-electron chi connectivity index (χ0n) is 13.2. The van der Waals surface area contributed by atoms with Gasteiger partial charge in [-0.05, 0) is 13.0 Å². The molecule has 3 rings (SSSR count). The summed E-state index contributed by atoms with van der Waals surface area (Å²) in [6, 6.07) is 0.910. The van der Waals surface area contributed by atoms with Crippen LogP contribution in [0.5, 0.6) is 0 Å². The predicted molar refractivity (Wildman–Crippen MR) is 79.9 cm³/mol. The summed E-state index contributed by atoms with van der Waals surface area (Å²) in [5.41, 5.74) is 5.02. The van der Waals surface area contributed by atoms with Gasteiger partial charge in [0.25, 0.3) is 0 Å². The number of hydrogen-bond acceptors (Lipinski definition) is 6. The van der Waals surface area contributed by atoms with Crippen molar-refractivity contribution in [1.29, 1.82) is 0 Å². The molecule has 2 unspecified atom stereocenters. The highest BCUT2D eigenvalue weighted by Crippen LogP contribution is 2.28. The van der Waals surface area contributed by atoms with Crippen molar-refractivity contribution < 1.29 is 18.0 Å². The largest absolute Gasteiger partial charge is 0.433 e. The van der Waals surface area contributed by atoms with Crippen molar-refractivity contribution in [1.82, 2.24) is 25.7 Å². The van der Waals surface area contributed by atoms with Crippen LogP contribution >= 0.6 is 0 Å². The maximum Gasteiger partial charge on any atom is 0.433 e. The van der Waals surface area contributed by atoms with E-state index in [0.29, 0.717) is 32.7 Å². The molecule has 24 heavy (non-hydrogen) atoms. The highest BCUT2D eigenvalue weighted by molar-refractivity contribution is 5.80. The maximum atomic E-state index is 12.7. The number of nitrogens with zero attached hydrogens (tertiary/aromatic N) is 4. The summed E-state index contributed by atoms with van der Waals surface area (Å²) in [4.78, 5) is 23.4. The van der Waals surface area contributed by atoms with Gasteiger partial charge in [0.1, 0.15) is 5.69 Å². The third kappa shape index (κ3) is 3.44. The van der Waals surface area contributed by atoms with E-state index in [1.807, 2.05) is 6.92 Å². The number of rotatable bonds is 2. The fourth-order valence-electron chi connectivity index (χ4n) is 2.93. The monoisotopic (exact) mass is 344 g/mol. The number of anilines is 1. The fourth-order valence-corrected chi connectivity index (χ4v) is 2.93. The first kappa shape index (κ1) is 16.9. The lowest BCUT2D eigenvalue weighted by Crippen LogP contribution is -2.52. The number of aromatic nitrogens is 2. The highest BCUT2D eigenvalue weighted by Gasteiger charge is 2.35. The van der Waals surface area contributed by atoms with Crippen LogP contribution in [-0.4, -0.2) is 59.5 Å². The molecule has 2 aliphatic heterocycles. The minimum absolute atomic E-state index is 0.0505. The zero-order chi connectivity index (χ0) is 17.3. The van der Waals surface area contributed by atoms with Gasteiger partial charge in [0.05, 0.1) is 5.92 Å². The summed E-state index contributed by atoms with van der Waals surface area (Å²) in [6.07, 6.45) is -3.38. The van der Waals surface area contributed by atoms with Crippen molar-refractivity contribution in [2.45, 2.75) is 19.1 Å². The molecule has 2 atom stereocenters. The SMILES string of the molecule is CC1NNCC1C(=O)N1CCN(c2nccc(C(F)(F)F)n2)CC1. The Morgan fingerprint density at radius 2 is 2.00 bits per heavy atom. The Kier molecular flexibility index (Phi) is 4.59. The Labute approximate surface area is 137 Å². The molecule has 0 spiro atoms. The molecular weight excluding hydrogens is 325 g/mol. The van der Waals surface area contributed by atoms with Gasteiger partial charge in [0, 0.05) is 45.0 Å². The van der Waals surface area contributed by atoms with Crippen LogP contribution < -0.4 is 15.8 Å². The Hall–Kier alpha value is -1.94. The minimum atomic E-state index is -4.49. The first-order chi connectivity index (χ1) is 11.4. The normalized spacial score (nSPS) is 25.2. The molecule has 0 saturated carbocycles. The maximum absolute atomic E-state index is 12.7. The fraction of sp³-hybridized carbons (Fsp3) is 0.643. The van der Waals surface area contributed by atoms with E-state index in [-0.39, 0.29) is 23.8 Å². The Morgan fingerprint density at radius 1 is 1.29 bits per heavy atom. The quantitative estimate of drug-likeness (QED) is 0.802. The third-order valence-corrected chi connectivity index (χ3v) is 4.38. The average Bonchev–Trinajstić information content (AvgIpc) is 3.00. The molecule has 1 aromatic rings. The van der Waals surface area contributed by atoms with Crippen LogP contribution in [0.1, 0.15) is 12.6 Å². The van der Waals surface area contributed by atoms with Crippen molar-refractivity contribution in [3.63, 3.8) is 0 Å².